The lowest BCUT2D eigenvalue weighted by Gasteiger charge is -2.23. The van der Waals surface area contributed by atoms with Crippen LogP contribution in [-0.2, 0) is 14.8 Å². The molecule has 1 heterocycles. The Labute approximate surface area is 166 Å². The molecule has 2 atom stereocenters. The lowest BCUT2D eigenvalue weighted by atomic mass is 10.0. The summed E-state index contributed by atoms with van der Waals surface area (Å²) in [6, 6.07) is 2.07. The molecule has 10 heteroatoms. The standard InChI is InChI=1S/C16H28N4O3S2.ClH/c17-9-14-11-24-12-20(14)10-13(18)5-4-8-16(21)19-25(22,23)15-6-2-1-3-7-15;/h13-15H,1-8,10-12,18H2,(H,19,21);1H/t13-,14+;/m0./s1. The molecule has 26 heavy (non-hydrogen) atoms. The Bertz CT molecular complexity index is 591. The largest absolute Gasteiger partial charge is 0.327 e. The Morgan fingerprint density at radius 1 is 1.35 bits per heavy atom. The van der Waals surface area contributed by atoms with Crippen LogP contribution in [0.25, 0.3) is 0 Å². The van der Waals surface area contributed by atoms with E-state index in [0.29, 0.717) is 32.2 Å². The van der Waals surface area contributed by atoms with Gasteiger partial charge in [-0.05, 0) is 25.7 Å². The minimum absolute atomic E-state index is 0. The molecule has 2 rings (SSSR count). The second-order valence-electron chi connectivity index (χ2n) is 6.90. The van der Waals surface area contributed by atoms with E-state index >= 15 is 0 Å². The number of carbonyl (C=O) groups excluding carboxylic acids is 1. The number of nitrogens with one attached hydrogen (secondary N) is 1. The molecule has 2 aliphatic rings. The van der Waals surface area contributed by atoms with Gasteiger partial charge >= 0.3 is 0 Å². The Morgan fingerprint density at radius 3 is 2.69 bits per heavy atom. The van der Waals surface area contributed by atoms with E-state index < -0.39 is 21.2 Å². The summed E-state index contributed by atoms with van der Waals surface area (Å²) in [6.07, 6.45) is 5.51. The molecule has 0 aromatic heterocycles. The van der Waals surface area contributed by atoms with Crippen molar-refractivity contribution in [2.45, 2.75) is 68.7 Å². The summed E-state index contributed by atoms with van der Waals surface area (Å²) in [6.45, 7) is 0.632. The molecule has 150 valence electrons. The minimum atomic E-state index is -3.54. The van der Waals surface area contributed by atoms with Gasteiger partial charge in [0.05, 0.1) is 11.3 Å². The molecule has 2 fully saturated rings. The van der Waals surface area contributed by atoms with Gasteiger partial charge in [0, 0.05) is 30.6 Å². The fourth-order valence-corrected chi connectivity index (χ4v) is 6.04. The topological polar surface area (TPSA) is 116 Å². The summed E-state index contributed by atoms with van der Waals surface area (Å²) >= 11 is 1.72. The lowest BCUT2D eigenvalue weighted by Crippen LogP contribution is -2.41. The van der Waals surface area contributed by atoms with Gasteiger partial charge in [-0.1, -0.05) is 19.3 Å². The number of rotatable bonds is 8. The van der Waals surface area contributed by atoms with Crippen molar-refractivity contribution in [2.24, 2.45) is 5.73 Å². The number of hydrogen-bond donors (Lipinski definition) is 2. The maximum Gasteiger partial charge on any atom is 0.237 e. The normalized spacial score (nSPS) is 23.0. The number of nitriles is 1. The van der Waals surface area contributed by atoms with E-state index in [1.165, 1.54) is 0 Å². The van der Waals surface area contributed by atoms with Crippen LogP contribution in [0.3, 0.4) is 0 Å². The first-order valence-corrected chi connectivity index (χ1v) is 11.6. The van der Waals surface area contributed by atoms with E-state index in [4.69, 9.17) is 11.0 Å². The third kappa shape index (κ3) is 7.24. The van der Waals surface area contributed by atoms with Crippen LogP contribution in [-0.4, -0.2) is 54.7 Å². The zero-order chi connectivity index (χ0) is 18.3. The first kappa shape index (κ1) is 23.5. The van der Waals surface area contributed by atoms with Gasteiger partial charge in [-0.3, -0.25) is 14.4 Å². The third-order valence-electron chi connectivity index (χ3n) is 4.82. The average molecular weight is 425 g/mol. The van der Waals surface area contributed by atoms with Crippen LogP contribution in [0.1, 0.15) is 51.4 Å². The number of halogens is 1. The van der Waals surface area contributed by atoms with Gasteiger partial charge in [-0.15, -0.1) is 24.2 Å². The molecule has 3 N–H and O–H groups in total. The fraction of sp³-hybridized carbons (Fsp3) is 0.875. The van der Waals surface area contributed by atoms with Crippen molar-refractivity contribution < 1.29 is 13.2 Å². The quantitative estimate of drug-likeness (QED) is 0.607. The van der Waals surface area contributed by atoms with Crippen LogP contribution in [0.15, 0.2) is 0 Å². The smallest absolute Gasteiger partial charge is 0.237 e. The number of nitrogens with zero attached hydrogens (tertiary/aromatic N) is 2. The fourth-order valence-electron chi connectivity index (χ4n) is 3.36. The van der Waals surface area contributed by atoms with Crippen LogP contribution in [0, 0.1) is 11.3 Å². The Morgan fingerprint density at radius 2 is 2.04 bits per heavy atom. The van der Waals surface area contributed by atoms with Crippen LogP contribution in [0.2, 0.25) is 0 Å². The monoisotopic (exact) mass is 424 g/mol. The highest BCUT2D eigenvalue weighted by Crippen LogP contribution is 2.23. The molecule has 7 nitrogen and oxygen atoms in total. The summed E-state index contributed by atoms with van der Waals surface area (Å²) in [4.78, 5) is 14.0. The van der Waals surface area contributed by atoms with Gasteiger partial charge in [-0.2, -0.15) is 5.26 Å². The van der Waals surface area contributed by atoms with Crippen molar-refractivity contribution in [3.05, 3.63) is 0 Å². The molecular weight excluding hydrogens is 396 g/mol. The zero-order valence-electron chi connectivity index (χ0n) is 14.9. The Kier molecular flexibility index (Phi) is 10.3. The zero-order valence-corrected chi connectivity index (χ0v) is 17.4. The Balaban J connectivity index is 0.00000338. The van der Waals surface area contributed by atoms with Gasteiger partial charge in [0.15, 0.2) is 0 Å². The van der Waals surface area contributed by atoms with Gasteiger partial charge < -0.3 is 5.73 Å². The molecular formula is C16H29ClN4O3S2. The van der Waals surface area contributed by atoms with Gasteiger partial charge in [-0.25, -0.2) is 8.42 Å². The summed E-state index contributed by atoms with van der Waals surface area (Å²) < 4.78 is 26.6. The van der Waals surface area contributed by atoms with Crippen molar-refractivity contribution in [2.75, 3.05) is 18.2 Å². The highest BCUT2D eigenvalue weighted by molar-refractivity contribution is 7.99. The number of hydrogen-bond acceptors (Lipinski definition) is 7. The summed E-state index contributed by atoms with van der Waals surface area (Å²) in [5.41, 5.74) is 6.09. The highest BCUT2D eigenvalue weighted by atomic mass is 35.5. The summed E-state index contributed by atoms with van der Waals surface area (Å²) in [5, 5.41) is 8.63. The third-order valence-corrected chi connectivity index (χ3v) is 7.74. The molecule has 0 radical (unpaired) electrons. The second kappa shape index (κ2) is 11.3. The molecule has 0 aromatic carbocycles. The van der Waals surface area contributed by atoms with E-state index in [2.05, 4.69) is 15.7 Å². The van der Waals surface area contributed by atoms with Crippen molar-refractivity contribution in [1.82, 2.24) is 9.62 Å². The molecule has 0 bridgehead atoms. The first-order valence-electron chi connectivity index (χ1n) is 8.94. The van der Waals surface area contributed by atoms with Gasteiger partial charge in [0.2, 0.25) is 15.9 Å². The number of sulfonamides is 1. The van der Waals surface area contributed by atoms with Crippen LogP contribution in [0.5, 0.6) is 0 Å². The van der Waals surface area contributed by atoms with E-state index in [1.54, 1.807) is 11.8 Å². The molecule has 1 saturated carbocycles. The highest BCUT2D eigenvalue weighted by Gasteiger charge is 2.29. The number of amides is 1. The molecule has 0 aromatic rings. The van der Waals surface area contributed by atoms with Crippen molar-refractivity contribution in [3.8, 4) is 6.07 Å². The Hall–Kier alpha value is -0.530. The molecule has 1 amide bonds. The molecule has 0 spiro atoms. The van der Waals surface area contributed by atoms with Crippen molar-refractivity contribution in [3.63, 3.8) is 0 Å². The van der Waals surface area contributed by atoms with E-state index in [0.717, 1.165) is 30.9 Å². The number of nitrogens with two attached hydrogens (primary N) is 1. The number of carbonyl (C=O) groups is 1. The predicted molar refractivity (Wildman–Crippen MR) is 106 cm³/mol. The van der Waals surface area contributed by atoms with E-state index in [-0.39, 0.29) is 30.9 Å². The lowest BCUT2D eigenvalue weighted by molar-refractivity contribution is -0.119. The first-order chi connectivity index (χ1) is 11.9. The van der Waals surface area contributed by atoms with E-state index in [9.17, 15) is 13.2 Å². The van der Waals surface area contributed by atoms with Gasteiger partial charge in [0.25, 0.3) is 0 Å². The summed E-state index contributed by atoms with van der Waals surface area (Å²) in [5.74, 6) is 1.18. The molecule has 0 unspecified atom stereocenters. The number of thioether (sulfide) groups is 1. The molecule has 1 saturated heterocycles. The van der Waals surface area contributed by atoms with Crippen molar-refractivity contribution in [1.29, 1.82) is 5.26 Å². The summed E-state index contributed by atoms with van der Waals surface area (Å²) in [7, 11) is -3.54. The molecule has 1 aliphatic heterocycles. The molecule has 1 aliphatic carbocycles. The van der Waals surface area contributed by atoms with Gasteiger partial charge in [0.1, 0.15) is 6.04 Å². The van der Waals surface area contributed by atoms with E-state index in [1.807, 2.05) is 0 Å². The maximum atomic E-state index is 12.2. The van der Waals surface area contributed by atoms with Crippen LogP contribution in [0.4, 0.5) is 0 Å². The van der Waals surface area contributed by atoms with Crippen LogP contribution >= 0.6 is 24.2 Å². The van der Waals surface area contributed by atoms with Crippen molar-refractivity contribution >= 4 is 40.1 Å². The SMILES string of the molecule is Cl.N#C[C@@H]1CSCN1C[C@@H](N)CCCC(=O)NS(=O)(=O)C1CCCCC1. The predicted octanol–water partition coefficient (Wildman–Crippen LogP) is 1.58. The minimum Gasteiger partial charge on any atom is -0.327 e. The maximum absolute atomic E-state index is 12.2. The average Bonchev–Trinajstić information content (AvgIpc) is 3.02. The second-order valence-corrected chi connectivity index (χ2v) is 9.86. The van der Waals surface area contributed by atoms with Crippen LogP contribution < -0.4 is 10.5 Å².